The Morgan fingerprint density at radius 2 is 1.76 bits per heavy atom. The van der Waals surface area contributed by atoms with Gasteiger partial charge in [-0.3, -0.25) is 4.79 Å². The number of nitrogens with one attached hydrogen (secondary N) is 2. The van der Waals surface area contributed by atoms with Crippen LogP contribution in [0, 0.1) is 0 Å². The van der Waals surface area contributed by atoms with E-state index >= 15 is 0 Å². The lowest BCUT2D eigenvalue weighted by Crippen LogP contribution is -2.44. The highest BCUT2D eigenvalue weighted by atomic mass is 16.1. The van der Waals surface area contributed by atoms with Crippen LogP contribution in [0.3, 0.4) is 0 Å². The number of anilines is 4. The smallest absolute Gasteiger partial charge is 0.247 e. The molecule has 0 bridgehead atoms. The van der Waals surface area contributed by atoms with Crippen LogP contribution >= 0.6 is 0 Å². The zero-order valence-electron chi connectivity index (χ0n) is 19.0. The van der Waals surface area contributed by atoms with Gasteiger partial charge in [0.05, 0.1) is 12.4 Å². The molecule has 9 heteroatoms. The van der Waals surface area contributed by atoms with E-state index in [1.165, 1.54) is 11.8 Å². The van der Waals surface area contributed by atoms with Crippen molar-refractivity contribution in [2.24, 2.45) is 0 Å². The Balaban J connectivity index is 1.36. The van der Waals surface area contributed by atoms with E-state index < -0.39 is 0 Å². The molecular weight excluding hydrogens is 428 g/mol. The zero-order chi connectivity index (χ0) is 23.5. The second kappa shape index (κ2) is 9.32. The van der Waals surface area contributed by atoms with Crippen LogP contribution in [-0.4, -0.2) is 63.6 Å². The standard InChI is InChI=1S/C25H26N8O/c1-3-23(34)28-20-6-4-5-18(15-20)24-26-16-22-17-27-25(30-33(22)24)29-19-7-9-21(10-8-19)32-13-11-31(2)12-14-32/h3-10,15-17H,1,11-14H2,2H3,(H,28,34)(H,29,30). The summed E-state index contributed by atoms with van der Waals surface area (Å²) < 4.78 is 1.74. The van der Waals surface area contributed by atoms with Crippen molar-refractivity contribution < 1.29 is 4.79 Å². The molecule has 0 atom stereocenters. The highest BCUT2D eigenvalue weighted by Crippen LogP contribution is 2.24. The summed E-state index contributed by atoms with van der Waals surface area (Å²) in [6, 6.07) is 15.8. The lowest BCUT2D eigenvalue weighted by Gasteiger charge is -2.34. The Hall–Kier alpha value is -4.24. The zero-order valence-corrected chi connectivity index (χ0v) is 19.0. The topological polar surface area (TPSA) is 90.7 Å². The number of hydrogen-bond donors (Lipinski definition) is 2. The number of carbonyl (C=O) groups is 1. The van der Waals surface area contributed by atoms with E-state index in [0.717, 1.165) is 42.9 Å². The lowest BCUT2D eigenvalue weighted by atomic mass is 10.2. The quantitative estimate of drug-likeness (QED) is 0.432. The SMILES string of the molecule is C=CC(=O)Nc1cccc(-c2ncc3cnc(Nc4ccc(N5CCN(C)CC5)cc4)nn23)c1. The van der Waals surface area contributed by atoms with Crippen LogP contribution in [0.15, 0.2) is 73.6 Å². The normalized spacial score (nSPS) is 14.2. The van der Waals surface area contributed by atoms with Gasteiger partial charge in [-0.25, -0.2) is 14.5 Å². The highest BCUT2D eigenvalue weighted by molar-refractivity contribution is 5.99. The number of fused-ring (bicyclic) bond motifs is 1. The van der Waals surface area contributed by atoms with Crippen molar-refractivity contribution in [1.29, 1.82) is 0 Å². The Labute approximate surface area is 197 Å². The molecule has 2 N–H and O–H groups in total. The third-order valence-electron chi connectivity index (χ3n) is 5.84. The highest BCUT2D eigenvalue weighted by Gasteiger charge is 2.14. The minimum absolute atomic E-state index is 0.266. The molecule has 3 heterocycles. The lowest BCUT2D eigenvalue weighted by molar-refractivity contribution is -0.111. The molecule has 1 aliphatic heterocycles. The van der Waals surface area contributed by atoms with Gasteiger partial charge in [0, 0.05) is 48.8 Å². The first-order chi connectivity index (χ1) is 16.6. The summed E-state index contributed by atoms with van der Waals surface area (Å²) in [7, 11) is 2.16. The molecule has 2 aromatic heterocycles. The number of nitrogens with zero attached hydrogens (tertiary/aromatic N) is 6. The van der Waals surface area contributed by atoms with Crippen LogP contribution in [-0.2, 0) is 4.79 Å². The largest absolute Gasteiger partial charge is 0.369 e. The van der Waals surface area contributed by atoms with Crippen molar-refractivity contribution in [2.45, 2.75) is 0 Å². The van der Waals surface area contributed by atoms with Crippen LogP contribution in [0.1, 0.15) is 0 Å². The molecule has 1 amide bonds. The van der Waals surface area contributed by atoms with E-state index in [1.54, 1.807) is 16.9 Å². The van der Waals surface area contributed by atoms with Gasteiger partial charge in [-0.15, -0.1) is 5.10 Å². The fourth-order valence-corrected chi connectivity index (χ4v) is 3.93. The number of amides is 1. The van der Waals surface area contributed by atoms with Crippen molar-refractivity contribution in [2.75, 3.05) is 48.8 Å². The van der Waals surface area contributed by atoms with Gasteiger partial charge >= 0.3 is 0 Å². The molecule has 9 nitrogen and oxygen atoms in total. The second-order valence-electron chi connectivity index (χ2n) is 8.24. The van der Waals surface area contributed by atoms with Gasteiger partial charge in [0.2, 0.25) is 11.9 Å². The van der Waals surface area contributed by atoms with E-state index in [-0.39, 0.29) is 5.91 Å². The molecule has 0 radical (unpaired) electrons. The number of piperazine rings is 1. The summed E-state index contributed by atoms with van der Waals surface area (Å²) >= 11 is 0. The van der Waals surface area contributed by atoms with Gasteiger partial charge in [-0.2, -0.15) is 0 Å². The van der Waals surface area contributed by atoms with Crippen molar-refractivity contribution in [3.8, 4) is 11.4 Å². The predicted molar refractivity (Wildman–Crippen MR) is 134 cm³/mol. The van der Waals surface area contributed by atoms with Crippen LogP contribution < -0.4 is 15.5 Å². The molecule has 34 heavy (non-hydrogen) atoms. The number of carbonyl (C=O) groups excluding carboxylic acids is 1. The number of hydrogen-bond acceptors (Lipinski definition) is 7. The number of benzene rings is 2. The molecule has 172 valence electrons. The Kier molecular flexibility index (Phi) is 5.92. The molecule has 0 saturated carbocycles. The van der Waals surface area contributed by atoms with Crippen molar-refractivity contribution in [1.82, 2.24) is 24.5 Å². The Morgan fingerprint density at radius 1 is 1.00 bits per heavy atom. The number of imidazole rings is 1. The summed E-state index contributed by atoms with van der Waals surface area (Å²) in [6.07, 6.45) is 4.69. The molecule has 5 rings (SSSR count). The first-order valence-electron chi connectivity index (χ1n) is 11.1. The average molecular weight is 455 g/mol. The van der Waals surface area contributed by atoms with E-state index in [0.29, 0.717) is 17.5 Å². The molecule has 0 spiro atoms. The van der Waals surface area contributed by atoms with Crippen molar-refractivity contribution >= 4 is 34.4 Å². The van der Waals surface area contributed by atoms with Crippen LogP contribution in [0.5, 0.6) is 0 Å². The molecule has 4 aromatic rings. The summed E-state index contributed by atoms with van der Waals surface area (Å²) in [5.41, 5.74) is 4.38. The molecule has 1 aliphatic rings. The molecule has 1 fully saturated rings. The Bertz CT molecular complexity index is 1320. The van der Waals surface area contributed by atoms with Crippen molar-refractivity contribution in [3.05, 3.63) is 73.6 Å². The van der Waals surface area contributed by atoms with Gasteiger partial charge < -0.3 is 20.4 Å². The number of aromatic nitrogens is 4. The van der Waals surface area contributed by atoms with E-state index in [2.05, 4.69) is 61.3 Å². The maximum atomic E-state index is 11.7. The van der Waals surface area contributed by atoms with Gasteiger partial charge in [-0.1, -0.05) is 18.7 Å². The second-order valence-corrected chi connectivity index (χ2v) is 8.24. The third kappa shape index (κ3) is 4.60. The summed E-state index contributed by atoms with van der Waals surface area (Å²) in [6.45, 7) is 7.70. The maximum absolute atomic E-state index is 11.7. The summed E-state index contributed by atoms with van der Waals surface area (Å²) in [5, 5.41) is 10.7. The van der Waals surface area contributed by atoms with E-state index in [4.69, 9.17) is 0 Å². The molecule has 0 unspecified atom stereocenters. The van der Waals surface area contributed by atoms with E-state index in [1.807, 2.05) is 36.4 Å². The van der Waals surface area contributed by atoms with Gasteiger partial charge in [-0.05, 0) is 49.5 Å². The summed E-state index contributed by atoms with van der Waals surface area (Å²) in [5.74, 6) is 0.855. The first-order valence-corrected chi connectivity index (χ1v) is 11.1. The molecular formula is C25H26N8O. The van der Waals surface area contributed by atoms with Crippen LogP contribution in [0.2, 0.25) is 0 Å². The Morgan fingerprint density at radius 3 is 2.53 bits per heavy atom. The van der Waals surface area contributed by atoms with Crippen LogP contribution in [0.4, 0.5) is 23.0 Å². The van der Waals surface area contributed by atoms with Gasteiger partial charge in [0.1, 0.15) is 5.52 Å². The number of likely N-dealkylation sites (N-methyl/N-ethyl adjacent to an activating group) is 1. The molecule has 2 aromatic carbocycles. The molecule has 0 aliphatic carbocycles. The third-order valence-corrected chi connectivity index (χ3v) is 5.84. The fraction of sp³-hybridized carbons (Fsp3) is 0.200. The monoisotopic (exact) mass is 454 g/mol. The van der Waals surface area contributed by atoms with Crippen LogP contribution in [0.25, 0.3) is 16.9 Å². The predicted octanol–water partition coefficient (Wildman–Crippen LogP) is 3.41. The summed E-state index contributed by atoms with van der Waals surface area (Å²) in [4.78, 5) is 25.3. The maximum Gasteiger partial charge on any atom is 0.247 e. The average Bonchev–Trinajstić information content (AvgIpc) is 3.28. The fourth-order valence-electron chi connectivity index (χ4n) is 3.93. The minimum Gasteiger partial charge on any atom is -0.369 e. The van der Waals surface area contributed by atoms with E-state index in [9.17, 15) is 4.79 Å². The molecule has 1 saturated heterocycles. The minimum atomic E-state index is -0.266. The van der Waals surface area contributed by atoms with Gasteiger partial charge in [0.25, 0.3) is 0 Å². The first kappa shape index (κ1) is 21.6. The number of rotatable bonds is 6. The van der Waals surface area contributed by atoms with Gasteiger partial charge in [0.15, 0.2) is 5.82 Å². The van der Waals surface area contributed by atoms with Crippen molar-refractivity contribution in [3.63, 3.8) is 0 Å².